The summed E-state index contributed by atoms with van der Waals surface area (Å²) in [6.45, 7) is 8.75. The van der Waals surface area contributed by atoms with Crippen LogP contribution in [0.2, 0.25) is 0 Å². The number of piperidine rings is 1. The summed E-state index contributed by atoms with van der Waals surface area (Å²) in [6.07, 6.45) is 6.27. The second-order valence-corrected chi connectivity index (χ2v) is 5.92. The van der Waals surface area contributed by atoms with Gasteiger partial charge in [-0.3, -0.25) is 0 Å². The fourth-order valence-corrected chi connectivity index (χ4v) is 2.67. The number of likely N-dealkylation sites (tertiary alicyclic amines) is 1. The molecule has 0 aromatic rings. The smallest absolute Gasteiger partial charge is 0.0610 e. The van der Waals surface area contributed by atoms with E-state index in [0.29, 0.717) is 6.10 Å². The van der Waals surface area contributed by atoms with Gasteiger partial charge in [-0.25, -0.2) is 0 Å². The van der Waals surface area contributed by atoms with Crippen molar-refractivity contribution in [2.24, 2.45) is 0 Å². The summed E-state index contributed by atoms with van der Waals surface area (Å²) in [4.78, 5) is 2.55. The molecule has 114 valence electrons. The maximum absolute atomic E-state index is 9.33. The highest BCUT2D eigenvalue weighted by Crippen LogP contribution is 2.16. The predicted octanol–water partition coefficient (Wildman–Crippen LogP) is 1.63. The molecule has 19 heavy (non-hydrogen) atoms. The monoisotopic (exact) mass is 272 g/mol. The minimum absolute atomic E-state index is 0.109. The Morgan fingerprint density at radius 3 is 2.53 bits per heavy atom. The molecule has 0 radical (unpaired) electrons. The van der Waals surface area contributed by atoms with E-state index in [0.717, 1.165) is 13.0 Å². The van der Waals surface area contributed by atoms with Gasteiger partial charge in [-0.2, -0.15) is 0 Å². The zero-order chi connectivity index (χ0) is 14.1. The number of nitrogens with zero attached hydrogens (tertiary/aromatic N) is 1. The summed E-state index contributed by atoms with van der Waals surface area (Å²) in [7, 11) is 1.93. The Bertz CT molecular complexity index is 224. The third kappa shape index (κ3) is 6.21. The number of rotatable bonds is 9. The summed E-state index contributed by atoms with van der Waals surface area (Å²) in [6, 6.07) is 0. The lowest BCUT2D eigenvalue weighted by atomic mass is 9.96. The van der Waals surface area contributed by atoms with Crippen LogP contribution in [0, 0.1) is 0 Å². The van der Waals surface area contributed by atoms with E-state index in [4.69, 9.17) is 4.74 Å². The minimum atomic E-state index is -0.109. The number of likely N-dealkylation sites (N-methyl/N-ethyl adjacent to an activating group) is 1. The average Bonchev–Trinajstić information content (AvgIpc) is 2.45. The largest absolute Gasteiger partial charge is 0.394 e. The number of ether oxygens (including phenoxy) is 1. The molecule has 1 aliphatic rings. The van der Waals surface area contributed by atoms with E-state index in [1.54, 1.807) is 0 Å². The zero-order valence-electron chi connectivity index (χ0n) is 13.0. The number of unbranched alkanes of at least 4 members (excludes halogenated alkanes) is 1. The molecule has 0 aromatic heterocycles. The third-order valence-corrected chi connectivity index (χ3v) is 4.34. The molecule has 1 fully saturated rings. The number of nitrogens with one attached hydrogen (secondary N) is 1. The van der Waals surface area contributed by atoms with Gasteiger partial charge in [0.2, 0.25) is 0 Å². The standard InChI is InChI=1S/C15H32N2O2/c1-4-19-14-7-11-17(12-8-14)10-6-5-9-15(2,13-18)16-3/h14,16,18H,4-13H2,1-3H3. The molecule has 1 atom stereocenters. The van der Waals surface area contributed by atoms with Crippen LogP contribution in [-0.2, 0) is 4.74 Å². The van der Waals surface area contributed by atoms with Crippen LogP contribution in [-0.4, -0.2) is 61.5 Å². The molecule has 0 saturated carbocycles. The minimum Gasteiger partial charge on any atom is -0.394 e. The lowest BCUT2D eigenvalue weighted by Gasteiger charge is -2.32. The molecule has 1 heterocycles. The Morgan fingerprint density at radius 1 is 1.32 bits per heavy atom. The number of aliphatic hydroxyl groups excluding tert-OH is 1. The summed E-state index contributed by atoms with van der Waals surface area (Å²) in [5.74, 6) is 0. The molecule has 4 nitrogen and oxygen atoms in total. The summed E-state index contributed by atoms with van der Waals surface area (Å²) < 4.78 is 5.67. The highest BCUT2D eigenvalue weighted by Gasteiger charge is 2.21. The van der Waals surface area contributed by atoms with Crippen molar-refractivity contribution in [1.29, 1.82) is 0 Å². The molecule has 1 unspecified atom stereocenters. The molecule has 1 aliphatic heterocycles. The van der Waals surface area contributed by atoms with Crippen LogP contribution in [0.5, 0.6) is 0 Å². The van der Waals surface area contributed by atoms with Crippen molar-refractivity contribution >= 4 is 0 Å². The van der Waals surface area contributed by atoms with Crippen LogP contribution in [0.15, 0.2) is 0 Å². The first-order valence-corrected chi connectivity index (χ1v) is 7.77. The van der Waals surface area contributed by atoms with Crippen LogP contribution in [0.1, 0.15) is 46.0 Å². The SMILES string of the molecule is CCOC1CCN(CCCCC(C)(CO)NC)CC1. The number of hydrogen-bond donors (Lipinski definition) is 2. The van der Waals surface area contributed by atoms with Gasteiger partial charge in [-0.1, -0.05) is 6.42 Å². The van der Waals surface area contributed by atoms with Gasteiger partial charge in [-0.15, -0.1) is 0 Å². The maximum Gasteiger partial charge on any atom is 0.0610 e. The normalized spacial score (nSPS) is 21.5. The first-order valence-electron chi connectivity index (χ1n) is 7.77. The lowest BCUT2D eigenvalue weighted by molar-refractivity contribution is 0.0138. The second kappa shape index (κ2) is 8.90. The number of hydrogen-bond acceptors (Lipinski definition) is 4. The molecule has 0 aromatic carbocycles. The number of aliphatic hydroxyl groups is 1. The zero-order valence-corrected chi connectivity index (χ0v) is 13.0. The predicted molar refractivity (Wildman–Crippen MR) is 79.5 cm³/mol. The van der Waals surface area contributed by atoms with Crippen molar-refractivity contribution in [2.75, 3.05) is 39.9 Å². The average molecular weight is 272 g/mol. The van der Waals surface area contributed by atoms with E-state index >= 15 is 0 Å². The molecule has 2 N–H and O–H groups in total. The molecule has 4 heteroatoms. The Morgan fingerprint density at radius 2 is 2.00 bits per heavy atom. The lowest BCUT2D eigenvalue weighted by Crippen LogP contribution is -2.43. The van der Waals surface area contributed by atoms with Crippen molar-refractivity contribution in [3.8, 4) is 0 Å². The van der Waals surface area contributed by atoms with E-state index in [9.17, 15) is 5.11 Å². The van der Waals surface area contributed by atoms with Crippen molar-refractivity contribution in [2.45, 2.75) is 57.6 Å². The van der Waals surface area contributed by atoms with E-state index in [1.807, 2.05) is 7.05 Å². The quantitative estimate of drug-likeness (QED) is 0.626. The molecular formula is C15H32N2O2. The van der Waals surface area contributed by atoms with Crippen LogP contribution in [0.3, 0.4) is 0 Å². The van der Waals surface area contributed by atoms with Crippen LogP contribution >= 0.6 is 0 Å². The van der Waals surface area contributed by atoms with E-state index in [2.05, 4.69) is 24.1 Å². The fourth-order valence-electron chi connectivity index (χ4n) is 2.67. The molecule has 0 aliphatic carbocycles. The van der Waals surface area contributed by atoms with Gasteiger partial charge in [0, 0.05) is 25.2 Å². The highest BCUT2D eigenvalue weighted by atomic mass is 16.5. The van der Waals surface area contributed by atoms with Crippen molar-refractivity contribution in [3.63, 3.8) is 0 Å². The van der Waals surface area contributed by atoms with Gasteiger partial charge in [-0.05, 0) is 53.1 Å². The second-order valence-electron chi connectivity index (χ2n) is 5.92. The van der Waals surface area contributed by atoms with Gasteiger partial charge in [0.15, 0.2) is 0 Å². The molecule has 0 amide bonds. The van der Waals surface area contributed by atoms with Gasteiger partial charge < -0.3 is 20.1 Å². The summed E-state index contributed by atoms with van der Waals surface area (Å²) >= 11 is 0. The van der Waals surface area contributed by atoms with E-state index < -0.39 is 0 Å². The molecular weight excluding hydrogens is 240 g/mol. The molecule has 0 spiro atoms. The fraction of sp³-hybridized carbons (Fsp3) is 1.00. The molecule has 1 rings (SSSR count). The third-order valence-electron chi connectivity index (χ3n) is 4.34. The van der Waals surface area contributed by atoms with Gasteiger partial charge in [0.1, 0.15) is 0 Å². The van der Waals surface area contributed by atoms with E-state index in [-0.39, 0.29) is 12.1 Å². The van der Waals surface area contributed by atoms with Crippen molar-refractivity contribution in [1.82, 2.24) is 10.2 Å². The first kappa shape index (κ1) is 16.9. The highest BCUT2D eigenvalue weighted by molar-refractivity contribution is 4.80. The summed E-state index contributed by atoms with van der Waals surface area (Å²) in [5, 5.41) is 12.5. The summed E-state index contributed by atoms with van der Waals surface area (Å²) in [5.41, 5.74) is -0.109. The Labute approximate surface area is 118 Å². The van der Waals surface area contributed by atoms with Crippen LogP contribution in [0.4, 0.5) is 0 Å². The van der Waals surface area contributed by atoms with Crippen LogP contribution < -0.4 is 5.32 Å². The Kier molecular flexibility index (Phi) is 7.91. The van der Waals surface area contributed by atoms with Gasteiger partial charge >= 0.3 is 0 Å². The van der Waals surface area contributed by atoms with Crippen LogP contribution in [0.25, 0.3) is 0 Å². The van der Waals surface area contributed by atoms with E-state index in [1.165, 1.54) is 45.3 Å². The maximum atomic E-state index is 9.33. The molecule has 1 saturated heterocycles. The van der Waals surface area contributed by atoms with Gasteiger partial charge in [0.05, 0.1) is 12.7 Å². The van der Waals surface area contributed by atoms with Gasteiger partial charge in [0.25, 0.3) is 0 Å². The Hall–Kier alpha value is -0.160. The molecule has 0 bridgehead atoms. The van der Waals surface area contributed by atoms with Crippen molar-refractivity contribution in [3.05, 3.63) is 0 Å². The van der Waals surface area contributed by atoms with Crippen molar-refractivity contribution < 1.29 is 9.84 Å². The Balaban J connectivity index is 2.08. The topological polar surface area (TPSA) is 44.7 Å². The first-order chi connectivity index (χ1) is 9.13.